The van der Waals surface area contributed by atoms with Gasteiger partial charge in [0.25, 0.3) is 0 Å². The molecule has 1 aromatic heterocycles. The van der Waals surface area contributed by atoms with Crippen molar-refractivity contribution >= 4 is 22.9 Å². The molecule has 0 radical (unpaired) electrons. The zero-order valence-corrected chi connectivity index (χ0v) is 14.6. The van der Waals surface area contributed by atoms with Gasteiger partial charge >= 0.3 is 0 Å². The highest BCUT2D eigenvalue weighted by Gasteiger charge is 2.18. The summed E-state index contributed by atoms with van der Waals surface area (Å²) in [5.41, 5.74) is 3.81. The first-order valence-electron chi connectivity index (χ1n) is 8.05. The van der Waals surface area contributed by atoms with Gasteiger partial charge in [-0.1, -0.05) is 49.4 Å². The summed E-state index contributed by atoms with van der Waals surface area (Å²) in [6.07, 6.45) is 0.765. The highest BCUT2D eigenvalue weighted by Crippen LogP contribution is 2.26. The normalized spacial score (nSPS) is 11.9. The van der Waals surface area contributed by atoms with Crippen LogP contribution < -0.4 is 5.32 Å². The molecule has 1 heterocycles. The number of carbonyl (C=O) groups is 1. The van der Waals surface area contributed by atoms with Crippen LogP contribution in [0.15, 0.2) is 60.0 Å². The van der Waals surface area contributed by atoms with Crippen LogP contribution in [-0.2, 0) is 4.79 Å². The van der Waals surface area contributed by atoms with Crippen molar-refractivity contribution < 1.29 is 4.79 Å². The molecule has 3 rings (SSSR count). The first-order chi connectivity index (χ1) is 11.7. The standard InChI is InChI=1S/C20H20N2OS/c1-3-18(15-8-5-4-6-9-15)20(23)22-17-11-7-10-16(12-17)19-13-24-14(2)21-19/h4-13,18H,3H2,1-2H3,(H,22,23)/t18-/m1/s1. The largest absolute Gasteiger partial charge is 0.326 e. The number of nitrogens with one attached hydrogen (secondary N) is 1. The van der Waals surface area contributed by atoms with Crippen LogP contribution in [0.1, 0.15) is 29.8 Å². The third-order valence-electron chi connectivity index (χ3n) is 3.97. The van der Waals surface area contributed by atoms with E-state index in [4.69, 9.17) is 0 Å². The van der Waals surface area contributed by atoms with Crippen molar-refractivity contribution in [3.8, 4) is 11.3 Å². The van der Waals surface area contributed by atoms with Crippen LogP contribution in [0, 0.1) is 6.92 Å². The highest BCUT2D eigenvalue weighted by atomic mass is 32.1. The summed E-state index contributed by atoms with van der Waals surface area (Å²) in [7, 11) is 0. The van der Waals surface area contributed by atoms with Gasteiger partial charge in [0.2, 0.25) is 5.91 Å². The molecule has 0 unspecified atom stereocenters. The van der Waals surface area contributed by atoms with E-state index in [1.165, 1.54) is 0 Å². The third-order valence-corrected chi connectivity index (χ3v) is 4.75. The molecular formula is C20H20N2OS. The van der Waals surface area contributed by atoms with Gasteiger partial charge in [0.1, 0.15) is 0 Å². The maximum absolute atomic E-state index is 12.7. The van der Waals surface area contributed by atoms with Gasteiger partial charge in [0, 0.05) is 16.6 Å². The molecule has 24 heavy (non-hydrogen) atoms. The van der Waals surface area contributed by atoms with Crippen molar-refractivity contribution in [1.29, 1.82) is 0 Å². The second-order valence-electron chi connectivity index (χ2n) is 5.69. The van der Waals surface area contributed by atoms with E-state index in [1.54, 1.807) is 11.3 Å². The number of aryl methyl sites for hydroxylation is 1. The first kappa shape index (κ1) is 16.4. The average Bonchev–Trinajstić information content (AvgIpc) is 3.03. The molecule has 4 heteroatoms. The number of hydrogen-bond donors (Lipinski definition) is 1. The summed E-state index contributed by atoms with van der Waals surface area (Å²) in [5.74, 6) is -0.119. The second-order valence-corrected chi connectivity index (χ2v) is 6.76. The smallest absolute Gasteiger partial charge is 0.231 e. The van der Waals surface area contributed by atoms with Gasteiger partial charge in [0.15, 0.2) is 0 Å². The molecule has 2 aromatic carbocycles. The van der Waals surface area contributed by atoms with Crippen molar-refractivity contribution in [2.75, 3.05) is 5.32 Å². The number of amides is 1. The Bertz CT molecular complexity index is 826. The molecule has 1 N–H and O–H groups in total. The van der Waals surface area contributed by atoms with Crippen LogP contribution in [-0.4, -0.2) is 10.9 Å². The maximum Gasteiger partial charge on any atom is 0.231 e. The van der Waals surface area contributed by atoms with Gasteiger partial charge in [-0.15, -0.1) is 11.3 Å². The van der Waals surface area contributed by atoms with Gasteiger partial charge in [-0.3, -0.25) is 4.79 Å². The summed E-state index contributed by atoms with van der Waals surface area (Å²) in [6, 6.07) is 17.8. The summed E-state index contributed by atoms with van der Waals surface area (Å²) in [5, 5.41) is 6.12. The van der Waals surface area contributed by atoms with Gasteiger partial charge in [0.05, 0.1) is 16.6 Å². The number of nitrogens with zero attached hydrogens (tertiary/aromatic N) is 1. The van der Waals surface area contributed by atoms with E-state index in [-0.39, 0.29) is 11.8 Å². The minimum atomic E-state index is -0.142. The lowest BCUT2D eigenvalue weighted by atomic mass is 9.95. The van der Waals surface area contributed by atoms with Crippen molar-refractivity contribution in [3.63, 3.8) is 0 Å². The van der Waals surface area contributed by atoms with Crippen LogP contribution in [0.3, 0.4) is 0 Å². The van der Waals surface area contributed by atoms with Gasteiger partial charge in [-0.05, 0) is 31.0 Å². The molecule has 0 aliphatic heterocycles. The molecule has 1 atom stereocenters. The zero-order valence-electron chi connectivity index (χ0n) is 13.8. The minimum Gasteiger partial charge on any atom is -0.326 e. The lowest BCUT2D eigenvalue weighted by Crippen LogP contribution is -2.20. The van der Waals surface area contributed by atoms with E-state index in [9.17, 15) is 4.79 Å². The van der Waals surface area contributed by atoms with E-state index < -0.39 is 0 Å². The summed E-state index contributed by atoms with van der Waals surface area (Å²) in [6.45, 7) is 4.03. The molecule has 0 saturated carbocycles. The van der Waals surface area contributed by atoms with Crippen molar-refractivity contribution in [1.82, 2.24) is 4.98 Å². The number of aromatic nitrogens is 1. The van der Waals surface area contributed by atoms with Gasteiger partial charge in [-0.25, -0.2) is 4.98 Å². The Morgan fingerprint density at radius 2 is 1.96 bits per heavy atom. The molecule has 0 spiro atoms. The molecular weight excluding hydrogens is 316 g/mol. The molecule has 0 fully saturated rings. The van der Waals surface area contributed by atoms with E-state index in [0.717, 1.165) is 33.9 Å². The number of anilines is 1. The quantitative estimate of drug-likeness (QED) is 0.691. The van der Waals surface area contributed by atoms with Crippen LogP contribution in [0.2, 0.25) is 0 Å². The van der Waals surface area contributed by atoms with Crippen LogP contribution in [0.25, 0.3) is 11.3 Å². The summed E-state index contributed by atoms with van der Waals surface area (Å²) >= 11 is 1.63. The molecule has 3 nitrogen and oxygen atoms in total. The van der Waals surface area contributed by atoms with E-state index >= 15 is 0 Å². The van der Waals surface area contributed by atoms with E-state index in [2.05, 4.69) is 10.3 Å². The molecule has 3 aromatic rings. The Balaban J connectivity index is 1.79. The molecule has 0 bridgehead atoms. The van der Waals surface area contributed by atoms with Crippen LogP contribution in [0.5, 0.6) is 0 Å². The van der Waals surface area contributed by atoms with Crippen LogP contribution in [0.4, 0.5) is 5.69 Å². The lowest BCUT2D eigenvalue weighted by Gasteiger charge is -2.15. The predicted octanol–water partition coefficient (Wildman–Crippen LogP) is 5.25. The average molecular weight is 336 g/mol. The van der Waals surface area contributed by atoms with E-state index in [0.29, 0.717) is 0 Å². The number of rotatable bonds is 5. The Labute approximate surface area is 146 Å². The lowest BCUT2D eigenvalue weighted by molar-refractivity contribution is -0.117. The minimum absolute atomic E-state index is 0.0234. The summed E-state index contributed by atoms with van der Waals surface area (Å²) in [4.78, 5) is 17.2. The molecule has 0 aliphatic rings. The van der Waals surface area contributed by atoms with Crippen molar-refractivity contribution in [2.24, 2.45) is 0 Å². The van der Waals surface area contributed by atoms with Gasteiger partial charge < -0.3 is 5.32 Å². The predicted molar refractivity (Wildman–Crippen MR) is 100 cm³/mol. The molecule has 122 valence electrons. The number of benzene rings is 2. The molecule has 0 saturated heterocycles. The zero-order chi connectivity index (χ0) is 16.9. The first-order valence-corrected chi connectivity index (χ1v) is 8.93. The monoisotopic (exact) mass is 336 g/mol. The van der Waals surface area contributed by atoms with Crippen molar-refractivity contribution in [2.45, 2.75) is 26.2 Å². The number of hydrogen-bond acceptors (Lipinski definition) is 3. The Morgan fingerprint density at radius 3 is 2.62 bits per heavy atom. The SMILES string of the molecule is CC[C@@H](C(=O)Nc1cccc(-c2csc(C)n2)c1)c1ccccc1. The molecule has 0 aliphatic carbocycles. The highest BCUT2D eigenvalue weighted by molar-refractivity contribution is 7.09. The Hall–Kier alpha value is -2.46. The number of thiazole rings is 1. The van der Waals surface area contributed by atoms with Crippen LogP contribution >= 0.6 is 11.3 Å². The number of carbonyl (C=O) groups excluding carboxylic acids is 1. The third kappa shape index (κ3) is 3.71. The fraction of sp³-hybridized carbons (Fsp3) is 0.200. The Kier molecular flexibility index (Phi) is 5.06. The molecule has 1 amide bonds. The van der Waals surface area contributed by atoms with Gasteiger partial charge in [-0.2, -0.15) is 0 Å². The topological polar surface area (TPSA) is 42.0 Å². The fourth-order valence-corrected chi connectivity index (χ4v) is 3.36. The maximum atomic E-state index is 12.7. The second kappa shape index (κ2) is 7.41. The van der Waals surface area contributed by atoms with Crippen molar-refractivity contribution in [3.05, 3.63) is 70.5 Å². The Morgan fingerprint density at radius 1 is 1.17 bits per heavy atom. The fourth-order valence-electron chi connectivity index (χ4n) is 2.74. The van der Waals surface area contributed by atoms with E-state index in [1.807, 2.05) is 73.8 Å². The summed E-state index contributed by atoms with van der Waals surface area (Å²) < 4.78 is 0.